The molecule has 0 radical (unpaired) electrons. The fourth-order valence-corrected chi connectivity index (χ4v) is 3.76. The van der Waals surface area contributed by atoms with Gasteiger partial charge in [0.25, 0.3) is 5.91 Å². The lowest BCUT2D eigenvalue weighted by molar-refractivity contribution is 0.102. The second kappa shape index (κ2) is 7.86. The van der Waals surface area contributed by atoms with E-state index in [4.69, 9.17) is 34.8 Å². The van der Waals surface area contributed by atoms with Crippen LogP contribution in [-0.2, 0) is 0 Å². The maximum absolute atomic E-state index is 12.4. The number of hydrogen-bond acceptors (Lipinski definition) is 2. The molecule has 1 heterocycles. The number of carbonyl (C=O) groups excluding carboxylic acids is 1. The Morgan fingerprint density at radius 3 is 2.40 bits per heavy atom. The van der Waals surface area contributed by atoms with Gasteiger partial charge in [-0.05, 0) is 55.2 Å². The van der Waals surface area contributed by atoms with Crippen LogP contribution in [0.1, 0.15) is 30.1 Å². The van der Waals surface area contributed by atoms with Crippen molar-refractivity contribution in [1.29, 1.82) is 0 Å². The highest BCUT2D eigenvalue weighted by Crippen LogP contribution is 2.32. The molecule has 25 heavy (non-hydrogen) atoms. The van der Waals surface area contributed by atoms with Gasteiger partial charge in [-0.2, -0.15) is 0 Å². The van der Waals surface area contributed by atoms with Gasteiger partial charge in [0.05, 0.1) is 21.3 Å². The Balaban J connectivity index is 1.73. The van der Waals surface area contributed by atoms with Crippen molar-refractivity contribution < 1.29 is 4.79 Å². The smallest absolute Gasteiger partial charge is 0.257 e. The number of piperidine rings is 1. The molecule has 132 valence electrons. The Bertz CT molecular complexity index is 786. The molecule has 0 bridgehead atoms. The van der Waals surface area contributed by atoms with E-state index >= 15 is 0 Å². The van der Waals surface area contributed by atoms with Crippen molar-refractivity contribution in [3.63, 3.8) is 0 Å². The minimum Gasteiger partial charge on any atom is -0.370 e. The van der Waals surface area contributed by atoms with Crippen LogP contribution in [-0.4, -0.2) is 19.0 Å². The molecule has 0 saturated carbocycles. The standard InChI is InChI=1S/C19H19Cl3N2O/c1-12-6-8-24(9-7-12)18-5-3-14(11-17(18)22)23-19(25)15-4-2-13(20)10-16(15)21/h2-5,10-12H,6-9H2,1H3,(H,23,25). The van der Waals surface area contributed by atoms with Gasteiger partial charge in [0, 0.05) is 23.8 Å². The molecule has 6 heteroatoms. The van der Waals surface area contributed by atoms with Crippen molar-refractivity contribution >= 4 is 52.1 Å². The minimum atomic E-state index is -0.294. The average molecular weight is 398 g/mol. The van der Waals surface area contributed by atoms with Crippen LogP contribution >= 0.6 is 34.8 Å². The first kappa shape index (κ1) is 18.4. The van der Waals surface area contributed by atoms with Crippen LogP contribution in [0.5, 0.6) is 0 Å². The van der Waals surface area contributed by atoms with Crippen LogP contribution in [0.2, 0.25) is 15.1 Å². The number of halogens is 3. The van der Waals surface area contributed by atoms with Crippen molar-refractivity contribution in [2.45, 2.75) is 19.8 Å². The fraction of sp³-hybridized carbons (Fsp3) is 0.316. The number of amides is 1. The Labute approximate surface area is 162 Å². The summed E-state index contributed by atoms with van der Waals surface area (Å²) in [6.07, 6.45) is 2.34. The van der Waals surface area contributed by atoms with Gasteiger partial charge in [-0.3, -0.25) is 4.79 Å². The van der Waals surface area contributed by atoms with E-state index in [0.717, 1.165) is 24.7 Å². The molecule has 1 fully saturated rings. The number of rotatable bonds is 3. The third-order valence-corrected chi connectivity index (χ3v) is 5.36. The summed E-state index contributed by atoms with van der Waals surface area (Å²) < 4.78 is 0. The van der Waals surface area contributed by atoms with Crippen LogP contribution in [0, 0.1) is 5.92 Å². The summed E-state index contributed by atoms with van der Waals surface area (Å²) in [5.74, 6) is 0.468. The summed E-state index contributed by atoms with van der Waals surface area (Å²) in [4.78, 5) is 14.7. The van der Waals surface area contributed by atoms with Crippen molar-refractivity contribution in [3.8, 4) is 0 Å². The lowest BCUT2D eigenvalue weighted by atomic mass is 9.99. The second-order valence-electron chi connectivity index (χ2n) is 6.41. The molecule has 3 nitrogen and oxygen atoms in total. The number of nitrogens with zero attached hydrogens (tertiary/aromatic N) is 1. The molecule has 0 atom stereocenters. The molecule has 3 rings (SSSR count). The second-order valence-corrected chi connectivity index (χ2v) is 7.66. The van der Waals surface area contributed by atoms with Gasteiger partial charge >= 0.3 is 0 Å². The number of hydrogen-bond donors (Lipinski definition) is 1. The van der Waals surface area contributed by atoms with Crippen LogP contribution in [0.25, 0.3) is 0 Å². The lowest BCUT2D eigenvalue weighted by Gasteiger charge is -2.32. The molecule has 0 aliphatic carbocycles. The van der Waals surface area contributed by atoms with E-state index in [-0.39, 0.29) is 5.91 Å². The molecule has 2 aromatic rings. The van der Waals surface area contributed by atoms with Crippen molar-refractivity contribution in [2.24, 2.45) is 5.92 Å². The molecule has 1 aliphatic heterocycles. The molecule has 0 unspecified atom stereocenters. The quantitative estimate of drug-likeness (QED) is 0.675. The van der Waals surface area contributed by atoms with Crippen LogP contribution < -0.4 is 10.2 Å². The van der Waals surface area contributed by atoms with Gasteiger partial charge in [-0.15, -0.1) is 0 Å². The summed E-state index contributed by atoms with van der Waals surface area (Å²) in [5, 5.41) is 4.27. The first-order valence-corrected chi connectivity index (χ1v) is 9.38. The summed E-state index contributed by atoms with van der Waals surface area (Å²) in [5.41, 5.74) is 2.02. The molecular formula is C19H19Cl3N2O. The zero-order chi connectivity index (χ0) is 18.0. The number of nitrogens with one attached hydrogen (secondary N) is 1. The van der Waals surface area contributed by atoms with Gasteiger partial charge < -0.3 is 10.2 Å². The molecular weight excluding hydrogens is 379 g/mol. The zero-order valence-corrected chi connectivity index (χ0v) is 16.1. The van der Waals surface area contributed by atoms with E-state index in [1.54, 1.807) is 24.3 Å². The van der Waals surface area contributed by atoms with Crippen LogP contribution in [0.4, 0.5) is 11.4 Å². The summed E-state index contributed by atoms with van der Waals surface area (Å²) >= 11 is 18.4. The number of benzene rings is 2. The maximum Gasteiger partial charge on any atom is 0.257 e. The highest BCUT2D eigenvalue weighted by atomic mass is 35.5. The number of carbonyl (C=O) groups is 1. The van der Waals surface area contributed by atoms with Crippen molar-refractivity contribution in [3.05, 3.63) is 57.0 Å². The average Bonchev–Trinajstić information content (AvgIpc) is 2.56. The Morgan fingerprint density at radius 2 is 1.76 bits per heavy atom. The first-order chi connectivity index (χ1) is 11.9. The third-order valence-electron chi connectivity index (χ3n) is 4.51. The van der Waals surface area contributed by atoms with E-state index in [2.05, 4.69) is 17.1 Å². The molecule has 2 aromatic carbocycles. The summed E-state index contributed by atoms with van der Waals surface area (Å²) in [6, 6.07) is 10.4. The van der Waals surface area contributed by atoms with E-state index in [1.807, 2.05) is 12.1 Å². The maximum atomic E-state index is 12.4. The highest BCUT2D eigenvalue weighted by molar-refractivity contribution is 6.37. The molecule has 1 amide bonds. The normalized spacial score (nSPS) is 15.3. The Morgan fingerprint density at radius 1 is 1.04 bits per heavy atom. The number of anilines is 2. The molecule has 0 aromatic heterocycles. The Kier molecular flexibility index (Phi) is 5.78. The largest absolute Gasteiger partial charge is 0.370 e. The van der Waals surface area contributed by atoms with Crippen molar-refractivity contribution in [2.75, 3.05) is 23.3 Å². The Hall–Kier alpha value is -1.42. The van der Waals surface area contributed by atoms with Gasteiger partial charge in [-0.1, -0.05) is 41.7 Å². The SMILES string of the molecule is CC1CCN(c2ccc(NC(=O)c3ccc(Cl)cc3Cl)cc2Cl)CC1. The molecule has 1 saturated heterocycles. The fourth-order valence-electron chi connectivity index (χ4n) is 2.96. The van der Waals surface area contributed by atoms with Gasteiger partial charge in [0.1, 0.15) is 0 Å². The first-order valence-electron chi connectivity index (χ1n) is 8.25. The van der Waals surface area contributed by atoms with Gasteiger partial charge in [-0.25, -0.2) is 0 Å². The molecule has 0 spiro atoms. The van der Waals surface area contributed by atoms with Crippen molar-refractivity contribution in [1.82, 2.24) is 0 Å². The minimum absolute atomic E-state index is 0.294. The van der Waals surface area contributed by atoms with E-state index in [9.17, 15) is 4.79 Å². The molecule has 1 N–H and O–H groups in total. The monoisotopic (exact) mass is 396 g/mol. The van der Waals surface area contributed by atoms with E-state index in [0.29, 0.717) is 26.3 Å². The van der Waals surface area contributed by atoms with Gasteiger partial charge in [0.15, 0.2) is 0 Å². The van der Waals surface area contributed by atoms with Crippen LogP contribution in [0.3, 0.4) is 0 Å². The third kappa shape index (κ3) is 4.41. The summed E-state index contributed by atoms with van der Waals surface area (Å²) in [6.45, 7) is 4.29. The highest BCUT2D eigenvalue weighted by Gasteiger charge is 2.18. The van der Waals surface area contributed by atoms with Crippen LogP contribution in [0.15, 0.2) is 36.4 Å². The molecule has 1 aliphatic rings. The topological polar surface area (TPSA) is 32.3 Å². The predicted molar refractivity (Wildman–Crippen MR) is 106 cm³/mol. The van der Waals surface area contributed by atoms with E-state index in [1.165, 1.54) is 12.8 Å². The van der Waals surface area contributed by atoms with E-state index < -0.39 is 0 Å². The zero-order valence-electron chi connectivity index (χ0n) is 13.9. The predicted octanol–water partition coefficient (Wildman–Crippen LogP) is 6.14. The summed E-state index contributed by atoms with van der Waals surface area (Å²) in [7, 11) is 0. The lowest BCUT2D eigenvalue weighted by Crippen LogP contribution is -2.32. The van der Waals surface area contributed by atoms with Gasteiger partial charge in [0.2, 0.25) is 0 Å².